The van der Waals surface area contributed by atoms with Gasteiger partial charge >= 0.3 is 0 Å². The number of phenols is 1. The first kappa shape index (κ1) is 20.0. The van der Waals surface area contributed by atoms with Crippen LogP contribution in [0.2, 0.25) is 0 Å². The molecule has 28 heavy (non-hydrogen) atoms. The van der Waals surface area contributed by atoms with Crippen molar-refractivity contribution in [3.63, 3.8) is 0 Å². The Hall–Kier alpha value is -2.76. The summed E-state index contributed by atoms with van der Waals surface area (Å²) >= 11 is 0. The van der Waals surface area contributed by atoms with E-state index in [1.807, 2.05) is 61.2 Å². The molecule has 148 valence electrons. The lowest BCUT2D eigenvalue weighted by molar-refractivity contribution is 0.0598. The minimum Gasteiger partial charge on any atom is -0.508 e. The quantitative estimate of drug-likeness (QED) is 0.585. The predicted molar refractivity (Wildman–Crippen MR) is 108 cm³/mol. The average molecular weight is 381 g/mol. The zero-order valence-corrected chi connectivity index (χ0v) is 16.3. The summed E-state index contributed by atoms with van der Waals surface area (Å²) in [5.41, 5.74) is 2.90. The molecule has 5 nitrogen and oxygen atoms in total. The van der Waals surface area contributed by atoms with Gasteiger partial charge in [-0.3, -0.25) is 4.90 Å². The van der Waals surface area contributed by atoms with Gasteiger partial charge in [0.1, 0.15) is 30.0 Å². The van der Waals surface area contributed by atoms with Crippen molar-refractivity contribution in [2.45, 2.75) is 33.0 Å². The van der Waals surface area contributed by atoms with Gasteiger partial charge in [0.2, 0.25) is 0 Å². The first-order valence-electron chi connectivity index (χ1n) is 9.41. The Balaban J connectivity index is 1.65. The summed E-state index contributed by atoms with van der Waals surface area (Å²) in [6.07, 6.45) is 0.952. The number of nitrogens with zero attached hydrogens (tertiary/aromatic N) is 1. The van der Waals surface area contributed by atoms with Crippen LogP contribution >= 0.6 is 0 Å². The number of ether oxygens (including phenoxy) is 1. The fraction of sp³-hybridized carbons (Fsp3) is 0.304. The summed E-state index contributed by atoms with van der Waals surface area (Å²) in [7, 11) is 0. The second-order valence-corrected chi connectivity index (χ2v) is 7.06. The van der Waals surface area contributed by atoms with Gasteiger partial charge < -0.3 is 19.4 Å². The summed E-state index contributed by atoms with van der Waals surface area (Å²) < 4.78 is 11.3. The van der Waals surface area contributed by atoms with Gasteiger partial charge in [-0.1, -0.05) is 36.4 Å². The summed E-state index contributed by atoms with van der Waals surface area (Å²) in [5, 5.41) is 20.7. The van der Waals surface area contributed by atoms with Crippen molar-refractivity contribution in [2.75, 3.05) is 13.2 Å². The van der Waals surface area contributed by atoms with Crippen LogP contribution in [0, 0.1) is 13.8 Å². The molecule has 3 aromatic rings. The Labute approximate surface area is 165 Å². The lowest BCUT2D eigenvalue weighted by Gasteiger charge is -2.25. The summed E-state index contributed by atoms with van der Waals surface area (Å²) in [4.78, 5) is 2.03. The third-order valence-electron chi connectivity index (χ3n) is 4.64. The maximum Gasteiger partial charge on any atom is 0.125 e. The topological polar surface area (TPSA) is 66.1 Å². The molecule has 0 aliphatic heterocycles. The number of aliphatic hydroxyl groups excluding tert-OH is 1. The van der Waals surface area contributed by atoms with Crippen LogP contribution in [0.25, 0.3) is 0 Å². The number of benzene rings is 2. The molecule has 1 aromatic heterocycles. The number of rotatable bonds is 9. The lowest BCUT2D eigenvalue weighted by Crippen LogP contribution is -2.35. The van der Waals surface area contributed by atoms with E-state index >= 15 is 0 Å². The maximum atomic E-state index is 10.6. The molecule has 0 spiro atoms. The Morgan fingerprint density at radius 2 is 1.71 bits per heavy atom. The fourth-order valence-electron chi connectivity index (χ4n) is 3.25. The second-order valence-electron chi connectivity index (χ2n) is 7.06. The zero-order chi connectivity index (χ0) is 19.9. The first-order chi connectivity index (χ1) is 13.5. The van der Waals surface area contributed by atoms with Gasteiger partial charge in [0.25, 0.3) is 0 Å². The van der Waals surface area contributed by atoms with Crippen LogP contribution in [0.15, 0.2) is 65.3 Å². The summed E-state index contributed by atoms with van der Waals surface area (Å²) in [6.45, 7) is 5.60. The molecule has 0 fully saturated rings. The highest BCUT2D eigenvalue weighted by molar-refractivity contribution is 5.39. The molecule has 1 unspecified atom stereocenters. The zero-order valence-electron chi connectivity index (χ0n) is 16.3. The van der Waals surface area contributed by atoms with E-state index in [1.165, 1.54) is 0 Å². The smallest absolute Gasteiger partial charge is 0.125 e. The van der Waals surface area contributed by atoms with Gasteiger partial charge in [0.05, 0.1) is 12.8 Å². The van der Waals surface area contributed by atoms with Crippen molar-refractivity contribution in [1.29, 1.82) is 0 Å². The molecule has 1 atom stereocenters. The number of aliphatic hydroxyl groups is 1. The number of aryl methyl sites for hydroxylation is 2. The molecular formula is C23H27NO4. The van der Waals surface area contributed by atoms with E-state index in [2.05, 4.69) is 0 Å². The Morgan fingerprint density at radius 3 is 2.39 bits per heavy atom. The van der Waals surface area contributed by atoms with Crippen molar-refractivity contribution in [2.24, 2.45) is 0 Å². The van der Waals surface area contributed by atoms with Crippen LogP contribution in [0.4, 0.5) is 0 Å². The number of hydrogen-bond acceptors (Lipinski definition) is 5. The normalized spacial score (nSPS) is 12.3. The largest absolute Gasteiger partial charge is 0.508 e. The van der Waals surface area contributed by atoms with Gasteiger partial charge in [0.15, 0.2) is 0 Å². The van der Waals surface area contributed by atoms with Gasteiger partial charge in [0, 0.05) is 18.7 Å². The number of phenolic OH excluding ortho intramolecular Hbond substituents is 1. The molecule has 5 heteroatoms. The molecule has 0 aliphatic carbocycles. The van der Waals surface area contributed by atoms with Gasteiger partial charge in [-0.15, -0.1) is 0 Å². The molecule has 3 rings (SSSR count). The van der Waals surface area contributed by atoms with E-state index in [-0.39, 0.29) is 12.4 Å². The van der Waals surface area contributed by atoms with Crippen molar-refractivity contribution in [1.82, 2.24) is 4.90 Å². The van der Waals surface area contributed by atoms with E-state index < -0.39 is 6.10 Å². The van der Waals surface area contributed by atoms with Crippen LogP contribution in [-0.2, 0) is 13.1 Å². The fourth-order valence-corrected chi connectivity index (χ4v) is 3.25. The maximum absolute atomic E-state index is 10.6. The molecule has 0 saturated carbocycles. The average Bonchev–Trinajstić information content (AvgIpc) is 3.16. The van der Waals surface area contributed by atoms with Crippen LogP contribution < -0.4 is 4.74 Å². The highest BCUT2D eigenvalue weighted by Gasteiger charge is 2.17. The predicted octanol–water partition coefficient (Wildman–Crippen LogP) is 4.04. The molecule has 0 bridgehead atoms. The third-order valence-corrected chi connectivity index (χ3v) is 4.64. The highest BCUT2D eigenvalue weighted by atomic mass is 16.5. The molecule has 2 aromatic carbocycles. The molecule has 1 heterocycles. The highest BCUT2D eigenvalue weighted by Crippen LogP contribution is 2.23. The van der Waals surface area contributed by atoms with Crippen LogP contribution in [-0.4, -0.2) is 34.4 Å². The molecule has 2 N–H and O–H groups in total. The van der Waals surface area contributed by atoms with Crippen LogP contribution in [0.1, 0.15) is 22.5 Å². The van der Waals surface area contributed by atoms with E-state index in [9.17, 15) is 10.2 Å². The van der Waals surface area contributed by atoms with Crippen LogP contribution in [0.3, 0.4) is 0 Å². The van der Waals surface area contributed by atoms with Crippen molar-refractivity contribution < 1.29 is 19.4 Å². The Kier molecular flexibility index (Phi) is 6.74. The minimum absolute atomic E-state index is 0.196. The van der Waals surface area contributed by atoms with Crippen molar-refractivity contribution in [3.8, 4) is 11.5 Å². The molecule has 0 saturated heterocycles. The van der Waals surface area contributed by atoms with E-state index in [4.69, 9.17) is 9.15 Å². The standard InChI is InChI=1S/C23H27NO4/c1-17-7-5-8-18(2)23(17)28-16-20(25)14-24(15-21-10-6-12-27-21)13-19-9-3-4-11-22(19)26/h3-12,20,25-26H,13-16H2,1-2H3. The lowest BCUT2D eigenvalue weighted by atomic mass is 10.1. The number of hydrogen-bond donors (Lipinski definition) is 2. The van der Waals surface area contributed by atoms with Crippen molar-refractivity contribution >= 4 is 0 Å². The number of aromatic hydroxyl groups is 1. The van der Waals surface area contributed by atoms with Gasteiger partial charge in [-0.05, 0) is 43.2 Å². The molecule has 0 radical (unpaired) electrons. The molecular weight excluding hydrogens is 354 g/mol. The summed E-state index contributed by atoms with van der Waals surface area (Å²) in [6, 6.07) is 17.0. The van der Waals surface area contributed by atoms with Gasteiger partial charge in [-0.25, -0.2) is 0 Å². The Morgan fingerprint density at radius 1 is 0.964 bits per heavy atom. The van der Waals surface area contributed by atoms with Gasteiger partial charge in [-0.2, -0.15) is 0 Å². The minimum atomic E-state index is -0.681. The summed E-state index contributed by atoms with van der Waals surface area (Å²) in [5.74, 6) is 1.87. The second kappa shape index (κ2) is 9.44. The third kappa shape index (κ3) is 5.38. The Bertz CT molecular complexity index is 856. The monoisotopic (exact) mass is 381 g/mol. The number of para-hydroxylation sites is 2. The number of furan rings is 1. The SMILES string of the molecule is Cc1cccc(C)c1OCC(O)CN(Cc1ccco1)Cc1ccccc1O. The van der Waals surface area contributed by atoms with E-state index in [0.29, 0.717) is 19.6 Å². The van der Waals surface area contributed by atoms with E-state index in [1.54, 1.807) is 18.4 Å². The van der Waals surface area contributed by atoms with Crippen LogP contribution in [0.5, 0.6) is 11.5 Å². The first-order valence-corrected chi connectivity index (χ1v) is 9.41. The molecule has 0 amide bonds. The molecule has 0 aliphatic rings. The van der Waals surface area contributed by atoms with Crippen molar-refractivity contribution in [3.05, 3.63) is 83.3 Å². The van der Waals surface area contributed by atoms with E-state index in [0.717, 1.165) is 28.2 Å².